The minimum atomic E-state index is -0.454. The number of carbonyl (C=O) groups excluding carboxylic acids is 1. The minimum Gasteiger partial charge on any atom is -0.392 e. The van der Waals surface area contributed by atoms with Crippen molar-refractivity contribution < 1.29 is 9.90 Å². The maximum absolute atomic E-state index is 11.8. The van der Waals surface area contributed by atoms with Crippen molar-refractivity contribution in [2.24, 2.45) is 0 Å². The van der Waals surface area contributed by atoms with Gasteiger partial charge >= 0.3 is 0 Å². The Labute approximate surface area is 102 Å². The van der Waals surface area contributed by atoms with Crippen LogP contribution in [0.4, 0.5) is 5.69 Å². The van der Waals surface area contributed by atoms with E-state index in [1.807, 2.05) is 31.2 Å². The zero-order chi connectivity index (χ0) is 12.8. The van der Waals surface area contributed by atoms with E-state index in [-0.39, 0.29) is 11.9 Å². The van der Waals surface area contributed by atoms with E-state index in [4.69, 9.17) is 5.11 Å². The Kier molecular flexibility index (Phi) is 5.12. The van der Waals surface area contributed by atoms with Crippen molar-refractivity contribution in [1.82, 2.24) is 5.32 Å². The number of anilines is 1. The van der Waals surface area contributed by atoms with Gasteiger partial charge in [-0.05, 0) is 32.9 Å². The van der Waals surface area contributed by atoms with Crippen LogP contribution in [0.15, 0.2) is 24.3 Å². The number of benzene rings is 1. The molecule has 94 valence electrons. The van der Waals surface area contributed by atoms with E-state index in [9.17, 15) is 4.79 Å². The van der Waals surface area contributed by atoms with Crippen LogP contribution in [-0.2, 0) is 4.79 Å². The third-order valence-corrected chi connectivity index (χ3v) is 2.43. The number of rotatable bonds is 5. The zero-order valence-electron chi connectivity index (χ0n) is 10.5. The molecule has 17 heavy (non-hydrogen) atoms. The molecule has 0 spiro atoms. The highest BCUT2D eigenvalue weighted by molar-refractivity contribution is 5.94. The molecular formula is C13H20N2O2. The molecule has 2 atom stereocenters. The molecule has 0 aliphatic heterocycles. The van der Waals surface area contributed by atoms with E-state index < -0.39 is 6.10 Å². The molecule has 1 rings (SSSR count). The number of nitrogens with one attached hydrogen (secondary N) is 2. The fourth-order valence-corrected chi connectivity index (χ4v) is 1.33. The van der Waals surface area contributed by atoms with Gasteiger partial charge in [0.25, 0.3) is 0 Å². The topological polar surface area (TPSA) is 61.4 Å². The average Bonchev–Trinajstić information content (AvgIpc) is 2.28. The normalized spacial score (nSPS) is 14.1. The van der Waals surface area contributed by atoms with E-state index in [1.54, 1.807) is 13.8 Å². The third kappa shape index (κ3) is 4.97. The molecule has 0 fully saturated rings. The molecule has 0 aromatic heterocycles. The van der Waals surface area contributed by atoms with Crippen LogP contribution < -0.4 is 10.6 Å². The van der Waals surface area contributed by atoms with Gasteiger partial charge in [-0.25, -0.2) is 0 Å². The average molecular weight is 236 g/mol. The second-order valence-corrected chi connectivity index (χ2v) is 4.33. The molecule has 1 aromatic rings. The predicted octanol–water partition coefficient (Wildman–Crippen LogP) is 1.29. The van der Waals surface area contributed by atoms with Crippen LogP contribution in [0.2, 0.25) is 0 Å². The monoisotopic (exact) mass is 236 g/mol. The molecule has 0 heterocycles. The summed E-state index contributed by atoms with van der Waals surface area (Å²) in [5.74, 6) is -0.102. The molecule has 0 aliphatic rings. The molecular weight excluding hydrogens is 216 g/mol. The lowest BCUT2D eigenvalue weighted by molar-refractivity contribution is -0.117. The summed E-state index contributed by atoms with van der Waals surface area (Å²) < 4.78 is 0. The second kappa shape index (κ2) is 6.37. The van der Waals surface area contributed by atoms with Crippen molar-refractivity contribution in [3.8, 4) is 0 Å². The molecule has 4 heteroatoms. The fraction of sp³-hybridized carbons (Fsp3) is 0.462. The SMILES string of the molecule is Cc1ccc(NC(=O)[C@H](C)NC[C@H](C)O)cc1. The maximum Gasteiger partial charge on any atom is 0.241 e. The molecule has 0 bridgehead atoms. The van der Waals surface area contributed by atoms with Crippen LogP contribution in [0, 0.1) is 6.92 Å². The molecule has 3 N–H and O–H groups in total. The Balaban J connectivity index is 2.45. The largest absolute Gasteiger partial charge is 0.392 e. The van der Waals surface area contributed by atoms with Gasteiger partial charge in [-0.1, -0.05) is 17.7 Å². The lowest BCUT2D eigenvalue weighted by atomic mass is 10.2. The summed E-state index contributed by atoms with van der Waals surface area (Å²) in [5, 5.41) is 14.9. The number of hydrogen-bond acceptors (Lipinski definition) is 3. The van der Waals surface area contributed by atoms with Gasteiger partial charge in [0, 0.05) is 12.2 Å². The van der Waals surface area contributed by atoms with Crippen LogP contribution in [0.25, 0.3) is 0 Å². The molecule has 1 amide bonds. The standard InChI is InChI=1S/C13H20N2O2/c1-9-4-6-12(7-5-9)15-13(17)11(3)14-8-10(2)16/h4-7,10-11,14,16H,8H2,1-3H3,(H,15,17)/t10-,11-/m0/s1. The number of aliphatic hydroxyl groups is 1. The van der Waals surface area contributed by atoms with Crippen LogP contribution in [-0.4, -0.2) is 29.7 Å². The van der Waals surface area contributed by atoms with Crippen LogP contribution in [0.1, 0.15) is 19.4 Å². The Morgan fingerprint density at radius 3 is 2.41 bits per heavy atom. The number of aliphatic hydroxyl groups excluding tert-OH is 1. The Hall–Kier alpha value is -1.39. The Morgan fingerprint density at radius 1 is 1.29 bits per heavy atom. The smallest absolute Gasteiger partial charge is 0.241 e. The number of aryl methyl sites for hydroxylation is 1. The first kappa shape index (κ1) is 13.7. The lowest BCUT2D eigenvalue weighted by Crippen LogP contribution is -2.41. The third-order valence-electron chi connectivity index (χ3n) is 2.43. The van der Waals surface area contributed by atoms with Gasteiger partial charge in [0.1, 0.15) is 0 Å². The van der Waals surface area contributed by atoms with E-state index in [0.717, 1.165) is 11.3 Å². The van der Waals surface area contributed by atoms with Crippen LogP contribution >= 0.6 is 0 Å². The summed E-state index contributed by atoms with van der Waals surface area (Å²) in [4.78, 5) is 11.8. The van der Waals surface area contributed by atoms with Crippen LogP contribution in [0.3, 0.4) is 0 Å². The van der Waals surface area contributed by atoms with E-state index in [0.29, 0.717) is 6.54 Å². The first-order chi connectivity index (χ1) is 7.99. The van der Waals surface area contributed by atoms with Crippen LogP contribution in [0.5, 0.6) is 0 Å². The molecule has 0 saturated heterocycles. The van der Waals surface area contributed by atoms with Crippen molar-refractivity contribution in [1.29, 1.82) is 0 Å². The first-order valence-electron chi connectivity index (χ1n) is 5.78. The van der Waals surface area contributed by atoms with Gasteiger partial charge in [-0.15, -0.1) is 0 Å². The maximum atomic E-state index is 11.8. The highest BCUT2D eigenvalue weighted by Crippen LogP contribution is 2.08. The lowest BCUT2D eigenvalue weighted by Gasteiger charge is -2.15. The highest BCUT2D eigenvalue weighted by atomic mass is 16.3. The van der Waals surface area contributed by atoms with E-state index in [2.05, 4.69) is 10.6 Å². The van der Waals surface area contributed by atoms with Gasteiger partial charge < -0.3 is 15.7 Å². The highest BCUT2D eigenvalue weighted by Gasteiger charge is 2.12. The summed E-state index contributed by atoms with van der Waals surface area (Å²) in [6, 6.07) is 7.31. The summed E-state index contributed by atoms with van der Waals surface area (Å²) in [6.45, 7) is 5.85. The number of amides is 1. The van der Waals surface area contributed by atoms with Gasteiger partial charge in [-0.2, -0.15) is 0 Å². The molecule has 0 saturated carbocycles. The second-order valence-electron chi connectivity index (χ2n) is 4.33. The Bertz CT molecular complexity index is 360. The number of carbonyl (C=O) groups is 1. The van der Waals surface area contributed by atoms with E-state index in [1.165, 1.54) is 0 Å². The predicted molar refractivity (Wildman–Crippen MR) is 69.0 cm³/mol. The molecule has 1 aromatic carbocycles. The van der Waals surface area contributed by atoms with E-state index >= 15 is 0 Å². The molecule has 0 unspecified atom stereocenters. The van der Waals surface area contributed by atoms with Gasteiger partial charge in [0.2, 0.25) is 5.91 Å². The van der Waals surface area contributed by atoms with Crippen molar-refractivity contribution in [2.45, 2.75) is 32.9 Å². The summed E-state index contributed by atoms with van der Waals surface area (Å²) in [7, 11) is 0. The first-order valence-corrected chi connectivity index (χ1v) is 5.78. The molecule has 0 aliphatic carbocycles. The zero-order valence-corrected chi connectivity index (χ0v) is 10.5. The van der Waals surface area contributed by atoms with Crippen molar-refractivity contribution in [3.63, 3.8) is 0 Å². The summed E-state index contributed by atoms with van der Waals surface area (Å²) in [5.41, 5.74) is 1.94. The quantitative estimate of drug-likeness (QED) is 0.722. The van der Waals surface area contributed by atoms with Gasteiger partial charge in [0.05, 0.1) is 12.1 Å². The Morgan fingerprint density at radius 2 is 1.88 bits per heavy atom. The fourth-order valence-electron chi connectivity index (χ4n) is 1.33. The van der Waals surface area contributed by atoms with Gasteiger partial charge in [-0.3, -0.25) is 4.79 Å². The van der Waals surface area contributed by atoms with Gasteiger partial charge in [0.15, 0.2) is 0 Å². The van der Waals surface area contributed by atoms with Crippen molar-refractivity contribution in [2.75, 3.05) is 11.9 Å². The molecule has 4 nitrogen and oxygen atoms in total. The minimum absolute atomic E-state index is 0.102. The van der Waals surface area contributed by atoms with Crippen molar-refractivity contribution in [3.05, 3.63) is 29.8 Å². The summed E-state index contributed by atoms with van der Waals surface area (Å²) >= 11 is 0. The van der Waals surface area contributed by atoms with Crippen molar-refractivity contribution >= 4 is 11.6 Å². The number of hydrogen-bond donors (Lipinski definition) is 3. The summed E-state index contributed by atoms with van der Waals surface area (Å²) in [6.07, 6.45) is -0.454. The molecule has 0 radical (unpaired) electrons.